The number of hydrogen-bond acceptors (Lipinski definition) is 3. The first kappa shape index (κ1) is 18.3. The quantitative estimate of drug-likeness (QED) is 0.871. The van der Waals surface area contributed by atoms with Gasteiger partial charge < -0.3 is 15.6 Å². The van der Waals surface area contributed by atoms with Crippen LogP contribution in [0.15, 0.2) is 18.2 Å². The zero-order chi connectivity index (χ0) is 15.7. The Morgan fingerprint density at radius 1 is 1.25 bits per heavy atom. The largest absolute Gasteiger partial charge is 0.507 e. The summed E-state index contributed by atoms with van der Waals surface area (Å²) in [4.78, 5) is 9.60. The standard InChI is InChI=1S/C13H20O.C3H7NO2/c1-5-10(4)12-8-6-7-11(9(2)3)13(12)14;1-2-6-3(4)5/h6-10,14H,5H2,1-4H3;2H2,1H3,(H2,4,5). The maximum Gasteiger partial charge on any atom is 0.404 e. The van der Waals surface area contributed by atoms with E-state index in [1.54, 1.807) is 6.92 Å². The lowest BCUT2D eigenvalue weighted by Crippen LogP contribution is -2.11. The number of phenolic OH excluding ortho intramolecular Hbond substituents is 1. The number of hydrogen-bond donors (Lipinski definition) is 2. The van der Waals surface area contributed by atoms with Crippen molar-refractivity contribution in [2.24, 2.45) is 5.73 Å². The van der Waals surface area contributed by atoms with Gasteiger partial charge in [0.25, 0.3) is 0 Å². The Bertz CT molecular complexity index is 416. The zero-order valence-corrected chi connectivity index (χ0v) is 13.1. The van der Waals surface area contributed by atoms with E-state index in [0.717, 1.165) is 17.5 Å². The van der Waals surface area contributed by atoms with Gasteiger partial charge in [-0.25, -0.2) is 4.79 Å². The number of carbonyl (C=O) groups is 1. The predicted octanol–water partition coefficient (Wildman–Crippen LogP) is 4.13. The van der Waals surface area contributed by atoms with Gasteiger partial charge in [-0.05, 0) is 36.3 Å². The molecule has 0 heterocycles. The second-order valence-corrected chi connectivity index (χ2v) is 5.00. The molecule has 0 saturated heterocycles. The second kappa shape index (κ2) is 9.23. The average molecular weight is 281 g/mol. The lowest BCUT2D eigenvalue weighted by Gasteiger charge is -2.16. The summed E-state index contributed by atoms with van der Waals surface area (Å²) in [6.45, 7) is 10.6. The molecule has 1 amide bonds. The Morgan fingerprint density at radius 2 is 1.80 bits per heavy atom. The van der Waals surface area contributed by atoms with Crippen LogP contribution < -0.4 is 5.73 Å². The van der Waals surface area contributed by atoms with Gasteiger partial charge >= 0.3 is 6.09 Å². The summed E-state index contributed by atoms with van der Waals surface area (Å²) >= 11 is 0. The number of nitrogens with two attached hydrogens (primary N) is 1. The number of para-hydroxylation sites is 1. The molecule has 0 aliphatic heterocycles. The number of phenols is 1. The first-order chi connectivity index (χ1) is 9.34. The van der Waals surface area contributed by atoms with Gasteiger partial charge in [-0.15, -0.1) is 0 Å². The van der Waals surface area contributed by atoms with Gasteiger partial charge in [0.2, 0.25) is 0 Å². The van der Waals surface area contributed by atoms with Gasteiger partial charge in [0, 0.05) is 0 Å². The summed E-state index contributed by atoms with van der Waals surface area (Å²) in [5.74, 6) is 1.32. The fourth-order valence-corrected chi connectivity index (χ4v) is 1.81. The highest BCUT2D eigenvalue weighted by molar-refractivity contribution is 5.64. The van der Waals surface area contributed by atoms with Crippen molar-refractivity contribution in [1.82, 2.24) is 0 Å². The number of primary amides is 1. The average Bonchev–Trinajstić information content (AvgIpc) is 2.38. The molecule has 0 aromatic heterocycles. The van der Waals surface area contributed by atoms with Gasteiger partial charge in [0.05, 0.1) is 6.61 Å². The highest BCUT2D eigenvalue weighted by atomic mass is 16.5. The SMILES string of the molecule is CCC(C)c1cccc(C(C)C)c1O.CCOC(N)=O. The summed E-state index contributed by atoms with van der Waals surface area (Å²) < 4.78 is 4.18. The van der Waals surface area contributed by atoms with Gasteiger partial charge in [0.1, 0.15) is 5.75 Å². The van der Waals surface area contributed by atoms with E-state index in [4.69, 9.17) is 0 Å². The third kappa shape index (κ3) is 5.95. The van der Waals surface area contributed by atoms with Crippen LogP contribution in [0.4, 0.5) is 4.79 Å². The minimum absolute atomic E-state index is 0.356. The zero-order valence-electron chi connectivity index (χ0n) is 13.1. The van der Waals surface area contributed by atoms with Crippen molar-refractivity contribution in [2.45, 2.75) is 52.9 Å². The van der Waals surface area contributed by atoms with Crippen LogP contribution in [0.3, 0.4) is 0 Å². The van der Waals surface area contributed by atoms with Crippen LogP contribution in [0.1, 0.15) is 64.0 Å². The van der Waals surface area contributed by atoms with E-state index >= 15 is 0 Å². The Balaban J connectivity index is 0.000000511. The fraction of sp³-hybridized carbons (Fsp3) is 0.562. The van der Waals surface area contributed by atoms with Crippen LogP contribution in [0.2, 0.25) is 0 Å². The molecule has 4 nitrogen and oxygen atoms in total. The lowest BCUT2D eigenvalue weighted by atomic mass is 9.92. The van der Waals surface area contributed by atoms with E-state index in [1.807, 2.05) is 18.2 Å². The summed E-state index contributed by atoms with van der Waals surface area (Å²) in [5, 5.41) is 10.1. The van der Waals surface area contributed by atoms with Crippen LogP contribution >= 0.6 is 0 Å². The molecule has 0 aliphatic rings. The van der Waals surface area contributed by atoms with Crippen molar-refractivity contribution >= 4 is 6.09 Å². The summed E-state index contributed by atoms with van der Waals surface area (Å²) in [7, 11) is 0. The van der Waals surface area contributed by atoms with Crippen LogP contribution in [0, 0.1) is 0 Å². The molecule has 1 unspecified atom stereocenters. The maximum atomic E-state index is 10.1. The molecule has 114 valence electrons. The minimum Gasteiger partial charge on any atom is -0.507 e. The molecule has 3 N–H and O–H groups in total. The molecule has 4 heteroatoms. The second-order valence-electron chi connectivity index (χ2n) is 5.00. The molecule has 1 rings (SSSR count). The molecule has 1 aromatic carbocycles. The molecular weight excluding hydrogens is 254 g/mol. The van der Waals surface area contributed by atoms with Crippen molar-refractivity contribution in [1.29, 1.82) is 0 Å². The van der Waals surface area contributed by atoms with Crippen LogP contribution in [0.25, 0.3) is 0 Å². The van der Waals surface area contributed by atoms with Crippen molar-refractivity contribution < 1.29 is 14.6 Å². The molecule has 0 radical (unpaired) electrons. The number of aromatic hydroxyl groups is 1. The molecule has 0 saturated carbocycles. The molecule has 0 spiro atoms. The van der Waals surface area contributed by atoms with E-state index in [1.165, 1.54) is 0 Å². The lowest BCUT2D eigenvalue weighted by molar-refractivity contribution is 0.163. The smallest absolute Gasteiger partial charge is 0.404 e. The molecule has 0 fully saturated rings. The van der Waals surface area contributed by atoms with Gasteiger partial charge in [-0.2, -0.15) is 0 Å². The molecule has 20 heavy (non-hydrogen) atoms. The number of benzene rings is 1. The molecule has 0 aliphatic carbocycles. The number of ether oxygens (including phenoxy) is 1. The normalized spacial score (nSPS) is 11.5. The summed E-state index contributed by atoms with van der Waals surface area (Å²) in [6, 6.07) is 6.07. The predicted molar refractivity (Wildman–Crippen MR) is 82.1 cm³/mol. The fourth-order valence-electron chi connectivity index (χ4n) is 1.81. The first-order valence-corrected chi connectivity index (χ1v) is 7.09. The monoisotopic (exact) mass is 281 g/mol. The van der Waals surface area contributed by atoms with Crippen LogP contribution in [0.5, 0.6) is 5.75 Å². The third-order valence-electron chi connectivity index (χ3n) is 3.15. The maximum absolute atomic E-state index is 10.1. The van der Waals surface area contributed by atoms with Crippen molar-refractivity contribution in [3.63, 3.8) is 0 Å². The van der Waals surface area contributed by atoms with Crippen LogP contribution in [-0.2, 0) is 4.74 Å². The van der Waals surface area contributed by atoms with Crippen molar-refractivity contribution in [3.05, 3.63) is 29.3 Å². The molecular formula is C16H27NO3. The Morgan fingerprint density at radius 3 is 2.15 bits per heavy atom. The van der Waals surface area contributed by atoms with Gasteiger partial charge in [0.15, 0.2) is 0 Å². The van der Waals surface area contributed by atoms with Gasteiger partial charge in [-0.3, -0.25) is 0 Å². The topological polar surface area (TPSA) is 72.6 Å². The highest BCUT2D eigenvalue weighted by Crippen LogP contribution is 2.34. The minimum atomic E-state index is -0.711. The van der Waals surface area contributed by atoms with Crippen molar-refractivity contribution in [2.75, 3.05) is 6.61 Å². The Hall–Kier alpha value is -1.71. The van der Waals surface area contributed by atoms with E-state index < -0.39 is 6.09 Å². The van der Waals surface area contributed by atoms with E-state index in [-0.39, 0.29) is 0 Å². The Labute approximate surface area is 121 Å². The molecule has 1 aromatic rings. The first-order valence-electron chi connectivity index (χ1n) is 7.09. The van der Waals surface area contributed by atoms with E-state index in [2.05, 4.69) is 38.2 Å². The molecule has 1 atom stereocenters. The third-order valence-corrected chi connectivity index (χ3v) is 3.15. The number of carbonyl (C=O) groups excluding carboxylic acids is 1. The number of amides is 1. The highest BCUT2D eigenvalue weighted by Gasteiger charge is 2.13. The van der Waals surface area contributed by atoms with E-state index in [9.17, 15) is 9.90 Å². The van der Waals surface area contributed by atoms with E-state index in [0.29, 0.717) is 24.2 Å². The van der Waals surface area contributed by atoms with Crippen LogP contribution in [-0.4, -0.2) is 17.8 Å². The van der Waals surface area contributed by atoms with Crippen molar-refractivity contribution in [3.8, 4) is 5.75 Å². The summed E-state index contributed by atoms with van der Waals surface area (Å²) in [5.41, 5.74) is 6.68. The van der Waals surface area contributed by atoms with Gasteiger partial charge in [-0.1, -0.05) is 45.9 Å². The summed E-state index contributed by atoms with van der Waals surface area (Å²) in [6.07, 6.45) is 0.354. The molecule has 0 bridgehead atoms. The number of rotatable bonds is 4. The Kier molecular flexibility index (Phi) is 8.45.